The number of hydrogen-bond donors (Lipinski definition) is 9. The van der Waals surface area contributed by atoms with Crippen LogP contribution in [0.1, 0.15) is 50.4 Å². The summed E-state index contributed by atoms with van der Waals surface area (Å²) in [5.41, 5.74) is 1.64. The van der Waals surface area contributed by atoms with Crippen LogP contribution in [0, 0.1) is 0 Å². The number of nitrogens with one attached hydrogen (secondary N) is 7. The van der Waals surface area contributed by atoms with E-state index in [1.807, 2.05) is 24.3 Å². The number of esters is 1. The Morgan fingerprint density at radius 2 is 1.51 bits per heavy atom. The van der Waals surface area contributed by atoms with Gasteiger partial charge in [-0.1, -0.05) is 30.3 Å². The van der Waals surface area contributed by atoms with Crippen molar-refractivity contribution in [1.29, 1.82) is 0 Å². The Hall–Kier alpha value is -6.23. The number of H-pyrrole nitrogens is 2. The summed E-state index contributed by atoms with van der Waals surface area (Å²) in [6.07, 6.45) is 4.88. The van der Waals surface area contributed by atoms with Crippen LogP contribution in [0.5, 0.6) is 5.75 Å². The zero-order chi connectivity index (χ0) is 39.7. The molecular weight excluding hydrogens is 712 g/mol. The predicted molar refractivity (Wildman–Crippen MR) is 198 cm³/mol. The Bertz CT molecular complexity index is 1990. The number of para-hydroxylation sites is 1. The molecule has 0 unspecified atom stereocenters. The second kappa shape index (κ2) is 17.7. The molecule has 0 aliphatic carbocycles. The number of phenolic OH excluding ortho intramolecular Hbond substituents is 1. The highest BCUT2D eigenvalue weighted by atomic mass is 16.6. The first-order chi connectivity index (χ1) is 26.2. The number of aromatic amines is 2. The summed E-state index contributed by atoms with van der Waals surface area (Å²) in [6, 6.07) is 7.16. The summed E-state index contributed by atoms with van der Waals surface area (Å²) in [5, 5.41) is 33.9. The smallest absolute Gasteiger partial charge is 0.329 e. The Labute approximate surface area is 316 Å². The second-order valence-corrected chi connectivity index (χ2v) is 14.3. The van der Waals surface area contributed by atoms with Crippen LogP contribution in [0.2, 0.25) is 0 Å². The maximum Gasteiger partial charge on any atom is 0.329 e. The van der Waals surface area contributed by atoms with Crippen LogP contribution < -0.4 is 26.6 Å². The molecule has 1 fully saturated rings. The summed E-state index contributed by atoms with van der Waals surface area (Å²) < 4.78 is 5.53. The van der Waals surface area contributed by atoms with Crippen molar-refractivity contribution in [3.8, 4) is 5.75 Å². The molecule has 17 nitrogen and oxygen atoms in total. The van der Waals surface area contributed by atoms with Crippen LogP contribution in [-0.4, -0.2) is 103 Å². The number of benzene rings is 2. The van der Waals surface area contributed by atoms with Crippen molar-refractivity contribution in [1.82, 2.24) is 41.5 Å². The van der Waals surface area contributed by atoms with E-state index in [1.54, 1.807) is 39.1 Å². The first-order valence-electron chi connectivity index (χ1n) is 17.8. The van der Waals surface area contributed by atoms with Crippen LogP contribution in [0.3, 0.4) is 0 Å². The normalized spacial score (nSPS) is 16.3. The number of amides is 5. The van der Waals surface area contributed by atoms with Crippen molar-refractivity contribution in [3.63, 3.8) is 0 Å². The highest BCUT2D eigenvalue weighted by molar-refractivity contribution is 5.97. The van der Waals surface area contributed by atoms with Gasteiger partial charge in [0, 0.05) is 54.7 Å². The number of aliphatic hydroxyl groups is 1. The number of fused-ring (bicyclic) bond motifs is 1. The van der Waals surface area contributed by atoms with Gasteiger partial charge in [0.2, 0.25) is 29.5 Å². The summed E-state index contributed by atoms with van der Waals surface area (Å²) in [5.74, 6) is -4.09. The first kappa shape index (κ1) is 40.0. The number of aliphatic hydroxyl groups excluding tert-OH is 1. The molecule has 1 saturated heterocycles. The maximum absolute atomic E-state index is 14.1. The SMILES string of the molecule is CC(C)(C)OC(=O)[C@H](Cc1ccc(O)cc1)NC(=O)[C@H](CO)NC(=O)[C@H](Cc1c[nH]c2ccccc12)NC(=O)[C@H](Cc1cnc[nH]1)NC(=O)[C@@H]1CCC(=O)N1. The minimum Gasteiger partial charge on any atom is -0.508 e. The standard InChI is InChI=1S/C38H46N8O9/c1-38(2,3)55-37(54)30(14-21-8-10-24(48)11-9-21)45-36(53)31(19-47)46-34(51)28(15-22-17-40-26-7-5-4-6-25(22)26)43-35(52)29(16-23-18-39-20-41-23)44-33(50)27-12-13-32(49)42-27/h4-11,17-18,20,27-31,40,47-48H,12-16,19H2,1-3H3,(H,39,41)(H,42,49)(H,43,52)(H,44,50)(H,45,53)(H,46,51)/t27-,28-,29-,30-,31-/m0/s1. The van der Waals surface area contributed by atoms with Gasteiger partial charge in [-0.2, -0.15) is 0 Å². The fraction of sp³-hybridized carbons (Fsp3) is 0.395. The summed E-state index contributed by atoms with van der Waals surface area (Å²) in [7, 11) is 0. The third-order valence-electron chi connectivity index (χ3n) is 8.86. The molecular formula is C38H46N8O9. The lowest BCUT2D eigenvalue weighted by atomic mass is 10.0. The number of carbonyl (C=O) groups excluding carboxylic acids is 6. The van der Waals surface area contributed by atoms with Gasteiger partial charge in [0.1, 0.15) is 41.6 Å². The number of imidazole rings is 1. The molecule has 3 heterocycles. The quantitative estimate of drug-likeness (QED) is 0.0701. The fourth-order valence-electron chi connectivity index (χ4n) is 6.08. The third kappa shape index (κ3) is 11.1. The Morgan fingerprint density at radius 1 is 0.855 bits per heavy atom. The van der Waals surface area contributed by atoms with E-state index in [-0.39, 0.29) is 43.8 Å². The molecule has 2 aromatic heterocycles. The largest absolute Gasteiger partial charge is 0.508 e. The van der Waals surface area contributed by atoms with Crippen molar-refractivity contribution in [2.75, 3.05) is 6.61 Å². The minimum atomic E-state index is -1.56. The molecule has 55 heavy (non-hydrogen) atoms. The monoisotopic (exact) mass is 758 g/mol. The fourth-order valence-corrected chi connectivity index (χ4v) is 6.08. The van der Waals surface area contributed by atoms with Crippen LogP contribution in [0.25, 0.3) is 10.9 Å². The molecule has 9 N–H and O–H groups in total. The van der Waals surface area contributed by atoms with Crippen molar-refractivity contribution in [2.24, 2.45) is 0 Å². The molecule has 0 radical (unpaired) electrons. The molecule has 4 aromatic rings. The number of phenols is 1. The number of nitrogens with zero attached hydrogens (tertiary/aromatic N) is 1. The van der Waals surface area contributed by atoms with Crippen LogP contribution in [0.15, 0.2) is 67.3 Å². The lowest BCUT2D eigenvalue weighted by Gasteiger charge is -2.27. The number of ether oxygens (including phenoxy) is 1. The van der Waals surface area contributed by atoms with E-state index < -0.39 is 72.0 Å². The van der Waals surface area contributed by atoms with Gasteiger partial charge in [0.15, 0.2) is 0 Å². The Balaban J connectivity index is 1.37. The molecule has 0 spiro atoms. The number of aromatic hydroxyl groups is 1. The molecule has 17 heteroatoms. The van der Waals surface area contributed by atoms with Crippen molar-refractivity contribution in [2.45, 2.75) is 88.7 Å². The number of carbonyl (C=O) groups is 6. The van der Waals surface area contributed by atoms with E-state index in [9.17, 15) is 39.0 Å². The lowest BCUT2D eigenvalue weighted by molar-refractivity contribution is -0.158. The van der Waals surface area contributed by atoms with Crippen molar-refractivity contribution in [3.05, 3.63) is 84.1 Å². The van der Waals surface area contributed by atoms with E-state index >= 15 is 0 Å². The Morgan fingerprint density at radius 3 is 2.15 bits per heavy atom. The van der Waals surface area contributed by atoms with Crippen LogP contribution >= 0.6 is 0 Å². The van der Waals surface area contributed by atoms with Gasteiger partial charge in [-0.05, 0) is 56.5 Å². The number of hydrogen-bond acceptors (Lipinski definition) is 10. The van der Waals surface area contributed by atoms with Gasteiger partial charge in [-0.3, -0.25) is 24.0 Å². The predicted octanol–water partition coefficient (Wildman–Crippen LogP) is 0.176. The zero-order valence-corrected chi connectivity index (χ0v) is 30.7. The average molecular weight is 759 g/mol. The van der Waals surface area contributed by atoms with E-state index in [0.717, 1.165) is 10.9 Å². The average Bonchev–Trinajstić information content (AvgIpc) is 3.92. The topological polar surface area (TPSA) is 257 Å². The molecule has 5 rings (SSSR count). The Kier molecular flexibility index (Phi) is 12.9. The van der Waals surface area contributed by atoms with E-state index in [4.69, 9.17) is 4.74 Å². The lowest BCUT2D eigenvalue weighted by Crippen LogP contribution is -2.60. The van der Waals surface area contributed by atoms with E-state index in [1.165, 1.54) is 24.7 Å². The highest BCUT2D eigenvalue weighted by Crippen LogP contribution is 2.20. The number of aromatic nitrogens is 3. The third-order valence-corrected chi connectivity index (χ3v) is 8.86. The van der Waals surface area contributed by atoms with Gasteiger partial charge >= 0.3 is 5.97 Å². The highest BCUT2D eigenvalue weighted by Gasteiger charge is 2.35. The summed E-state index contributed by atoms with van der Waals surface area (Å²) in [4.78, 5) is 89.8. The van der Waals surface area contributed by atoms with E-state index in [2.05, 4.69) is 41.5 Å². The van der Waals surface area contributed by atoms with E-state index in [0.29, 0.717) is 16.8 Å². The van der Waals surface area contributed by atoms with Gasteiger partial charge in [-0.25, -0.2) is 9.78 Å². The van der Waals surface area contributed by atoms with Gasteiger partial charge in [-0.15, -0.1) is 0 Å². The molecule has 0 bridgehead atoms. The van der Waals surface area contributed by atoms with Gasteiger partial charge in [0.05, 0.1) is 12.9 Å². The molecule has 0 saturated carbocycles. The van der Waals surface area contributed by atoms with Crippen molar-refractivity contribution < 1.29 is 43.7 Å². The second-order valence-electron chi connectivity index (χ2n) is 14.3. The first-order valence-corrected chi connectivity index (χ1v) is 17.8. The molecule has 5 atom stereocenters. The molecule has 2 aromatic carbocycles. The molecule has 5 amide bonds. The molecule has 292 valence electrons. The number of rotatable bonds is 16. The molecule has 1 aliphatic rings. The maximum atomic E-state index is 14.1. The van der Waals surface area contributed by atoms with Crippen LogP contribution in [0.4, 0.5) is 0 Å². The summed E-state index contributed by atoms with van der Waals surface area (Å²) >= 11 is 0. The van der Waals surface area contributed by atoms with Gasteiger partial charge < -0.3 is 51.5 Å². The minimum absolute atomic E-state index is 0.0104. The van der Waals surface area contributed by atoms with Gasteiger partial charge in [0.25, 0.3) is 0 Å². The van der Waals surface area contributed by atoms with Crippen molar-refractivity contribution >= 4 is 46.4 Å². The summed E-state index contributed by atoms with van der Waals surface area (Å²) in [6.45, 7) is 4.14. The molecule has 1 aliphatic heterocycles. The zero-order valence-electron chi connectivity index (χ0n) is 30.7. The van der Waals surface area contributed by atoms with Crippen LogP contribution in [-0.2, 0) is 52.8 Å².